The van der Waals surface area contributed by atoms with E-state index < -0.39 is 0 Å². The lowest BCUT2D eigenvalue weighted by molar-refractivity contribution is 0.478. The Morgan fingerprint density at radius 1 is 1.17 bits per heavy atom. The third-order valence-electron chi connectivity index (χ3n) is 2.95. The maximum atomic E-state index is 5.48. The molecule has 3 heterocycles. The lowest BCUT2D eigenvalue weighted by atomic mass is 10.4. The molecule has 0 fully saturated rings. The summed E-state index contributed by atoms with van der Waals surface area (Å²) in [6.45, 7) is 2.44. The first-order valence-electron chi connectivity index (χ1n) is 7.20. The van der Waals surface area contributed by atoms with Gasteiger partial charge in [0.05, 0.1) is 18.4 Å². The average Bonchev–Trinajstić information content (AvgIpc) is 3.01. The van der Waals surface area contributed by atoms with Crippen molar-refractivity contribution in [2.75, 3.05) is 5.32 Å². The Kier molecular flexibility index (Phi) is 5.39. The minimum absolute atomic E-state index is 0.512. The monoisotopic (exact) mass is 357 g/mol. The fraction of sp³-hybridized carbons (Fsp3) is 0.125. The highest BCUT2D eigenvalue weighted by Gasteiger charge is 2.04. The lowest BCUT2D eigenvalue weighted by Crippen LogP contribution is -2.27. The Bertz CT molecular complexity index is 805. The zero-order valence-corrected chi connectivity index (χ0v) is 14.5. The van der Waals surface area contributed by atoms with Gasteiger partial charge in [0.25, 0.3) is 0 Å². The van der Waals surface area contributed by atoms with E-state index in [0.717, 1.165) is 22.2 Å². The predicted molar refractivity (Wildman–Crippen MR) is 96.9 cm³/mol. The zero-order chi connectivity index (χ0) is 16.8. The van der Waals surface area contributed by atoms with Crippen LogP contribution < -0.4 is 10.6 Å². The van der Waals surface area contributed by atoms with E-state index in [1.54, 1.807) is 24.7 Å². The molecular weight excluding hydrogens is 342 g/mol. The summed E-state index contributed by atoms with van der Waals surface area (Å²) in [7, 11) is 0. The molecular formula is C16H15N5OS2. The standard InChI is InChI=1S/C16H15N5OS2/c1-11-3-5-13(22-11)10-20-15(23)21-12-4-6-14(19-9-12)24-16-17-7-2-8-18-16/h2-9H,10H2,1H3,(H2,20,21,23). The maximum absolute atomic E-state index is 5.48. The first kappa shape index (κ1) is 16.4. The highest BCUT2D eigenvalue weighted by Crippen LogP contribution is 2.22. The number of nitrogens with one attached hydrogen (secondary N) is 2. The van der Waals surface area contributed by atoms with Gasteiger partial charge in [-0.15, -0.1) is 0 Å². The quantitative estimate of drug-likeness (QED) is 0.531. The molecule has 2 N–H and O–H groups in total. The number of thiocarbonyl (C=S) groups is 1. The molecule has 3 aromatic rings. The molecule has 3 rings (SSSR count). The van der Waals surface area contributed by atoms with Crippen LogP contribution in [0.4, 0.5) is 5.69 Å². The molecule has 0 unspecified atom stereocenters. The van der Waals surface area contributed by atoms with Gasteiger partial charge in [-0.25, -0.2) is 15.0 Å². The van der Waals surface area contributed by atoms with Crippen molar-refractivity contribution >= 4 is 34.8 Å². The lowest BCUT2D eigenvalue weighted by Gasteiger charge is -2.09. The Hall–Kier alpha value is -2.45. The van der Waals surface area contributed by atoms with Gasteiger partial charge in [-0.05, 0) is 61.2 Å². The van der Waals surface area contributed by atoms with E-state index in [4.69, 9.17) is 16.6 Å². The highest BCUT2D eigenvalue weighted by molar-refractivity contribution is 7.99. The summed E-state index contributed by atoms with van der Waals surface area (Å²) in [6.07, 6.45) is 5.13. The largest absolute Gasteiger partial charge is 0.465 e. The van der Waals surface area contributed by atoms with Gasteiger partial charge >= 0.3 is 0 Å². The minimum atomic E-state index is 0.512. The van der Waals surface area contributed by atoms with Crippen LogP contribution >= 0.6 is 24.0 Å². The van der Waals surface area contributed by atoms with Crippen LogP contribution in [-0.4, -0.2) is 20.1 Å². The molecule has 8 heteroatoms. The number of aryl methyl sites for hydroxylation is 1. The molecule has 24 heavy (non-hydrogen) atoms. The molecule has 0 spiro atoms. The van der Waals surface area contributed by atoms with Crippen molar-refractivity contribution in [2.45, 2.75) is 23.7 Å². The third-order valence-corrected chi connectivity index (χ3v) is 4.04. The fourth-order valence-electron chi connectivity index (χ4n) is 1.87. The van der Waals surface area contributed by atoms with Crippen LogP contribution in [0.1, 0.15) is 11.5 Å². The number of nitrogens with zero attached hydrogens (tertiary/aromatic N) is 3. The molecule has 3 aromatic heterocycles. The van der Waals surface area contributed by atoms with Crippen molar-refractivity contribution < 1.29 is 4.42 Å². The van der Waals surface area contributed by atoms with Gasteiger partial charge in [0.1, 0.15) is 16.5 Å². The van der Waals surface area contributed by atoms with Gasteiger partial charge in [0, 0.05) is 12.4 Å². The van der Waals surface area contributed by atoms with Gasteiger partial charge in [-0.3, -0.25) is 0 Å². The molecule has 0 radical (unpaired) electrons. The first-order valence-corrected chi connectivity index (χ1v) is 8.42. The highest BCUT2D eigenvalue weighted by atomic mass is 32.2. The van der Waals surface area contributed by atoms with Gasteiger partial charge in [-0.2, -0.15) is 0 Å². The van der Waals surface area contributed by atoms with E-state index >= 15 is 0 Å². The normalized spacial score (nSPS) is 10.4. The van der Waals surface area contributed by atoms with E-state index in [1.807, 2.05) is 31.2 Å². The van der Waals surface area contributed by atoms with Gasteiger partial charge in [0.15, 0.2) is 10.3 Å². The van der Waals surface area contributed by atoms with Crippen molar-refractivity contribution in [3.8, 4) is 0 Å². The Morgan fingerprint density at radius 2 is 2.00 bits per heavy atom. The number of hydrogen-bond donors (Lipinski definition) is 2. The molecule has 122 valence electrons. The van der Waals surface area contributed by atoms with Gasteiger partial charge < -0.3 is 15.1 Å². The van der Waals surface area contributed by atoms with E-state index in [0.29, 0.717) is 16.8 Å². The summed E-state index contributed by atoms with van der Waals surface area (Å²) in [5.41, 5.74) is 0.807. The summed E-state index contributed by atoms with van der Waals surface area (Å²) in [6, 6.07) is 9.42. The molecule has 0 saturated carbocycles. The zero-order valence-electron chi connectivity index (χ0n) is 12.9. The second-order valence-corrected chi connectivity index (χ2v) is 6.23. The minimum Gasteiger partial charge on any atom is -0.465 e. The summed E-state index contributed by atoms with van der Waals surface area (Å²) in [5, 5.41) is 8.17. The summed E-state index contributed by atoms with van der Waals surface area (Å²) >= 11 is 6.67. The van der Waals surface area contributed by atoms with Crippen molar-refractivity contribution in [1.29, 1.82) is 0 Å². The Morgan fingerprint density at radius 3 is 2.67 bits per heavy atom. The van der Waals surface area contributed by atoms with Crippen LogP contribution in [-0.2, 0) is 6.54 Å². The number of aromatic nitrogens is 3. The first-order chi connectivity index (χ1) is 11.7. The van der Waals surface area contributed by atoms with Crippen LogP contribution in [0.15, 0.2) is 63.5 Å². The van der Waals surface area contributed by atoms with Crippen LogP contribution in [0.2, 0.25) is 0 Å². The Labute approximate surface area is 149 Å². The second-order valence-electron chi connectivity index (χ2n) is 4.84. The molecule has 0 aliphatic rings. The van der Waals surface area contributed by atoms with E-state index in [9.17, 15) is 0 Å². The number of rotatable bonds is 5. The molecule has 0 aliphatic carbocycles. The van der Waals surface area contributed by atoms with Crippen LogP contribution in [0.3, 0.4) is 0 Å². The molecule has 0 bridgehead atoms. The van der Waals surface area contributed by atoms with Crippen molar-refractivity contribution in [3.63, 3.8) is 0 Å². The number of hydrogen-bond acceptors (Lipinski definition) is 6. The van der Waals surface area contributed by atoms with E-state index in [-0.39, 0.29) is 0 Å². The van der Waals surface area contributed by atoms with Crippen LogP contribution in [0.5, 0.6) is 0 Å². The van der Waals surface area contributed by atoms with Crippen molar-refractivity contribution in [2.24, 2.45) is 0 Å². The van der Waals surface area contributed by atoms with Gasteiger partial charge in [0.2, 0.25) is 0 Å². The topological polar surface area (TPSA) is 75.9 Å². The van der Waals surface area contributed by atoms with Crippen molar-refractivity contribution in [3.05, 3.63) is 60.4 Å². The van der Waals surface area contributed by atoms with Crippen molar-refractivity contribution in [1.82, 2.24) is 20.3 Å². The maximum Gasteiger partial charge on any atom is 0.193 e. The SMILES string of the molecule is Cc1ccc(CNC(=S)Nc2ccc(Sc3ncccn3)nc2)o1. The fourth-order valence-corrected chi connectivity index (χ4v) is 2.71. The molecule has 0 aliphatic heterocycles. The average molecular weight is 357 g/mol. The molecule has 0 amide bonds. The van der Waals surface area contributed by atoms with Gasteiger partial charge in [-0.1, -0.05) is 0 Å². The third kappa shape index (κ3) is 4.77. The second kappa shape index (κ2) is 7.89. The Balaban J connectivity index is 1.51. The van der Waals surface area contributed by atoms with E-state index in [2.05, 4.69) is 25.6 Å². The number of anilines is 1. The molecule has 0 saturated heterocycles. The number of furan rings is 1. The molecule has 0 atom stereocenters. The predicted octanol–water partition coefficient (Wildman–Crippen LogP) is 3.41. The number of pyridine rings is 1. The summed E-state index contributed by atoms with van der Waals surface area (Å²) < 4.78 is 5.48. The molecule has 6 nitrogen and oxygen atoms in total. The smallest absolute Gasteiger partial charge is 0.193 e. The molecule has 0 aromatic carbocycles. The summed E-state index contributed by atoms with van der Waals surface area (Å²) in [4.78, 5) is 12.7. The van der Waals surface area contributed by atoms with Crippen LogP contribution in [0, 0.1) is 6.92 Å². The van der Waals surface area contributed by atoms with Crippen LogP contribution in [0.25, 0.3) is 0 Å². The summed E-state index contributed by atoms with van der Waals surface area (Å²) in [5.74, 6) is 1.72. The van der Waals surface area contributed by atoms with E-state index in [1.165, 1.54) is 11.8 Å².